The molecule has 6 heteroatoms. The maximum atomic E-state index is 5.89. The lowest BCUT2D eigenvalue weighted by Gasteiger charge is -2.08. The SMILES string of the molecule is Cc1nn(-c2ccccc2)c(-n2cc(I)cn2)c1CN. The maximum absolute atomic E-state index is 5.89. The summed E-state index contributed by atoms with van der Waals surface area (Å²) in [5, 5.41) is 9.00. The lowest BCUT2D eigenvalue weighted by atomic mass is 10.2. The van der Waals surface area contributed by atoms with Crippen molar-refractivity contribution in [3.05, 3.63) is 57.6 Å². The van der Waals surface area contributed by atoms with Gasteiger partial charge in [0.05, 0.1) is 21.1 Å². The van der Waals surface area contributed by atoms with E-state index in [9.17, 15) is 0 Å². The van der Waals surface area contributed by atoms with Gasteiger partial charge in [-0.25, -0.2) is 9.36 Å². The van der Waals surface area contributed by atoms with E-state index in [1.807, 2.05) is 59.0 Å². The number of nitrogens with two attached hydrogens (primary N) is 1. The predicted molar refractivity (Wildman–Crippen MR) is 86.0 cm³/mol. The second kappa shape index (κ2) is 5.37. The van der Waals surface area contributed by atoms with Gasteiger partial charge in [0, 0.05) is 18.3 Å². The second-order valence-electron chi connectivity index (χ2n) is 4.44. The van der Waals surface area contributed by atoms with Gasteiger partial charge in [0.25, 0.3) is 0 Å². The Morgan fingerprint density at radius 3 is 2.60 bits per heavy atom. The van der Waals surface area contributed by atoms with Gasteiger partial charge in [-0.15, -0.1) is 0 Å². The van der Waals surface area contributed by atoms with Crippen molar-refractivity contribution in [2.75, 3.05) is 0 Å². The fourth-order valence-corrected chi connectivity index (χ4v) is 2.58. The van der Waals surface area contributed by atoms with Gasteiger partial charge in [-0.05, 0) is 41.6 Å². The van der Waals surface area contributed by atoms with E-state index in [-0.39, 0.29) is 0 Å². The first-order valence-corrected chi connectivity index (χ1v) is 7.33. The number of aryl methyl sites for hydroxylation is 1. The zero-order valence-electron chi connectivity index (χ0n) is 11.0. The number of rotatable bonds is 3. The number of para-hydroxylation sites is 1. The predicted octanol–water partition coefficient (Wildman–Crippen LogP) is 2.43. The summed E-state index contributed by atoms with van der Waals surface area (Å²) in [5.41, 5.74) is 8.82. The van der Waals surface area contributed by atoms with Crippen LogP contribution >= 0.6 is 22.6 Å². The van der Waals surface area contributed by atoms with Crippen LogP contribution in [0.5, 0.6) is 0 Å². The molecule has 0 unspecified atom stereocenters. The summed E-state index contributed by atoms with van der Waals surface area (Å²) in [6, 6.07) is 10.0. The first-order valence-electron chi connectivity index (χ1n) is 6.25. The number of benzene rings is 1. The van der Waals surface area contributed by atoms with Crippen molar-refractivity contribution in [1.82, 2.24) is 19.6 Å². The van der Waals surface area contributed by atoms with Crippen molar-refractivity contribution >= 4 is 22.6 Å². The van der Waals surface area contributed by atoms with Crippen LogP contribution in [0.4, 0.5) is 0 Å². The van der Waals surface area contributed by atoms with Crippen molar-refractivity contribution < 1.29 is 0 Å². The largest absolute Gasteiger partial charge is 0.326 e. The van der Waals surface area contributed by atoms with E-state index in [4.69, 9.17) is 5.73 Å². The molecule has 20 heavy (non-hydrogen) atoms. The molecule has 1 aromatic carbocycles. The van der Waals surface area contributed by atoms with E-state index in [1.54, 1.807) is 0 Å². The molecule has 0 aliphatic heterocycles. The van der Waals surface area contributed by atoms with E-state index in [0.29, 0.717) is 6.54 Å². The summed E-state index contributed by atoms with van der Waals surface area (Å²) in [6.07, 6.45) is 3.79. The number of hydrogen-bond donors (Lipinski definition) is 1. The van der Waals surface area contributed by atoms with Crippen molar-refractivity contribution in [3.8, 4) is 11.5 Å². The molecule has 102 valence electrons. The summed E-state index contributed by atoms with van der Waals surface area (Å²) in [4.78, 5) is 0. The minimum Gasteiger partial charge on any atom is -0.326 e. The molecule has 5 nitrogen and oxygen atoms in total. The molecule has 0 saturated carbocycles. The molecule has 2 heterocycles. The van der Waals surface area contributed by atoms with E-state index in [1.165, 1.54) is 0 Å². The molecule has 0 aliphatic carbocycles. The van der Waals surface area contributed by atoms with Crippen LogP contribution in [0, 0.1) is 10.5 Å². The van der Waals surface area contributed by atoms with Gasteiger partial charge in [-0.3, -0.25) is 0 Å². The van der Waals surface area contributed by atoms with Crippen molar-refractivity contribution in [1.29, 1.82) is 0 Å². The molecule has 2 N–H and O–H groups in total. The van der Waals surface area contributed by atoms with Gasteiger partial charge in [-0.1, -0.05) is 18.2 Å². The standard InChI is InChI=1S/C14H14IN5/c1-10-13(7-16)14(19-9-11(15)8-17-19)20(18-10)12-5-3-2-4-6-12/h2-6,8-9H,7,16H2,1H3. The molecule has 3 rings (SSSR count). The Bertz CT molecular complexity index is 729. The summed E-state index contributed by atoms with van der Waals surface area (Å²) in [7, 11) is 0. The number of nitrogens with zero attached hydrogens (tertiary/aromatic N) is 4. The molecule has 0 amide bonds. The fraction of sp³-hybridized carbons (Fsp3) is 0.143. The van der Waals surface area contributed by atoms with Crippen molar-refractivity contribution in [3.63, 3.8) is 0 Å². The third-order valence-electron chi connectivity index (χ3n) is 3.13. The molecule has 0 radical (unpaired) electrons. The molecule has 2 aromatic heterocycles. The van der Waals surface area contributed by atoms with Crippen molar-refractivity contribution in [2.24, 2.45) is 5.73 Å². The Morgan fingerprint density at radius 2 is 2.00 bits per heavy atom. The zero-order chi connectivity index (χ0) is 14.1. The number of hydrogen-bond acceptors (Lipinski definition) is 3. The van der Waals surface area contributed by atoms with Crippen LogP contribution in [0.2, 0.25) is 0 Å². The fourth-order valence-electron chi connectivity index (χ4n) is 2.19. The molecule has 0 aliphatic rings. The van der Waals surface area contributed by atoms with Crippen LogP contribution in [0.15, 0.2) is 42.7 Å². The zero-order valence-corrected chi connectivity index (χ0v) is 13.2. The molecule has 3 aromatic rings. The Morgan fingerprint density at radius 1 is 1.25 bits per heavy atom. The van der Waals surface area contributed by atoms with Gasteiger partial charge in [0.1, 0.15) is 0 Å². The lowest BCUT2D eigenvalue weighted by Crippen LogP contribution is -2.09. The molecule has 0 spiro atoms. The quantitative estimate of drug-likeness (QED) is 0.712. The Hall–Kier alpha value is -1.67. The Kier molecular flexibility index (Phi) is 3.58. The van der Waals surface area contributed by atoms with Crippen LogP contribution in [0.3, 0.4) is 0 Å². The van der Waals surface area contributed by atoms with E-state index in [2.05, 4.69) is 32.8 Å². The molecule has 0 bridgehead atoms. The van der Waals surface area contributed by atoms with Crippen LogP contribution in [-0.2, 0) is 6.54 Å². The highest BCUT2D eigenvalue weighted by Crippen LogP contribution is 2.22. The minimum absolute atomic E-state index is 0.435. The highest BCUT2D eigenvalue weighted by atomic mass is 127. The normalized spacial score (nSPS) is 10.9. The van der Waals surface area contributed by atoms with Gasteiger partial charge in [-0.2, -0.15) is 10.2 Å². The molecule has 0 fully saturated rings. The van der Waals surface area contributed by atoms with Crippen LogP contribution in [0.25, 0.3) is 11.5 Å². The average Bonchev–Trinajstić information content (AvgIpc) is 3.03. The smallest absolute Gasteiger partial charge is 0.161 e. The van der Waals surface area contributed by atoms with E-state index >= 15 is 0 Å². The maximum Gasteiger partial charge on any atom is 0.161 e. The summed E-state index contributed by atoms with van der Waals surface area (Å²) in [5.74, 6) is 0.902. The average molecular weight is 379 g/mol. The van der Waals surface area contributed by atoms with Gasteiger partial charge < -0.3 is 5.73 Å². The number of aromatic nitrogens is 4. The first kappa shape index (κ1) is 13.3. The highest BCUT2D eigenvalue weighted by molar-refractivity contribution is 14.1. The van der Waals surface area contributed by atoms with Gasteiger partial charge >= 0.3 is 0 Å². The topological polar surface area (TPSA) is 61.7 Å². The second-order valence-corrected chi connectivity index (χ2v) is 5.69. The minimum atomic E-state index is 0.435. The number of halogens is 1. The molecular weight excluding hydrogens is 365 g/mol. The Labute approximate surface area is 130 Å². The van der Waals surface area contributed by atoms with Crippen molar-refractivity contribution in [2.45, 2.75) is 13.5 Å². The van der Waals surface area contributed by atoms with Crippen LogP contribution in [-0.4, -0.2) is 19.6 Å². The highest BCUT2D eigenvalue weighted by Gasteiger charge is 2.17. The van der Waals surface area contributed by atoms with Gasteiger partial charge in [0.2, 0.25) is 0 Å². The van der Waals surface area contributed by atoms with Crippen LogP contribution < -0.4 is 5.73 Å². The summed E-state index contributed by atoms with van der Waals surface area (Å²) in [6.45, 7) is 2.41. The Balaban J connectivity index is 2.25. The third-order valence-corrected chi connectivity index (χ3v) is 3.69. The molecular formula is C14H14IN5. The molecule has 0 atom stereocenters. The molecule has 0 saturated heterocycles. The van der Waals surface area contributed by atoms with Gasteiger partial charge in [0.15, 0.2) is 5.82 Å². The summed E-state index contributed by atoms with van der Waals surface area (Å²) >= 11 is 2.24. The monoisotopic (exact) mass is 379 g/mol. The third kappa shape index (κ3) is 2.25. The van der Waals surface area contributed by atoms with E-state index in [0.717, 1.165) is 26.3 Å². The lowest BCUT2D eigenvalue weighted by molar-refractivity contribution is 0.756. The first-order chi connectivity index (χ1) is 9.70. The summed E-state index contributed by atoms with van der Waals surface area (Å²) < 4.78 is 4.79. The van der Waals surface area contributed by atoms with E-state index < -0.39 is 0 Å². The van der Waals surface area contributed by atoms with Crippen LogP contribution in [0.1, 0.15) is 11.3 Å².